The number of nitro benzene ring substituents is 1. The number of hydrogen-bond acceptors (Lipinski definition) is 7. The van der Waals surface area contributed by atoms with Gasteiger partial charge in [-0.3, -0.25) is 10.1 Å². The molecule has 10 heteroatoms. The molecule has 0 fully saturated rings. The number of benzene rings is 2. The monoisotopic (exact) mass is 380 g/mol. The number of nitro groups is 1. The molecule has 0 saturated heterocycles. The van der Waals surface area contributed by atoms with Gasteiger partial charge < -0.3 is 14.6 Å². The lowest BCUT2D eigenvalue weighted by Crippen LogP contribution is -2.26. The highest BCUT2D eigenvalue weighted by Crippen LogP contribution is 2.34. The van der Waals surface area contributed by atoms with Gasteiger partial charge in [0.15, 0.2) is 16.4 Å². The van der Waals surface area contributed by atoms with E-state index in [2.05, 4.69) is 4.72 Å². The van der Waals surface area contributed by atoms with E-state index in [0.29, 0.717) is 17.1 Å². The zero-order valence-electron chi connectivity index (χ0n) is 13.5. The fraction of sp³-hybridized carbons (Fsp3) is 0.250. The SMILES string of the molecule is O=[N+]([O-])c1ccccc1S(=O)(=O)NCCC(O)c1ccc2c(c1)OCO2. The van der Waals surface area contributed by atoms with Gasteiger partial charge in [-0.05, 0) is 30.2 Å². The van der Waals surface area contributed by atoms with Crippen LogP contribution in [0.2, 0.25) is 0 Å². The van der Waals surface area contributed by atoms with Crippen molar-refractivity contribution in [2.24, 2.45) is 0 Å². The lowest BCUT2D eigenvalue weighted by molar-refractivity contribution is -0.387. The van der Waals surface area contributed by atoms with Crippen LogP contribution in [-0.2, 0) is 10.0 Å². The molecule has 2 N–H and O–H groups in total. The Hall–Kier alpha value is -2.69. The third-order valence-electron chi connectivity index (χ3n) is 3.84. The Morgan fingerprint density at radius 1 is 1.19 bits per heavy atom. The minimum absolute atomic E-state index is 0.0828. The van der Waals surface area contributed by atoms with Crippen molar-refractivity contribution in [2.45, 2.75) is 17.4 Å². The Balaban J connectivity index is 1.65. The molecular weight excluding hydrogens is 364 g/mol. The van der Waals surface area contributed by atoms with Gasteiger partial charge in [0.1, 0.15) is 0 Å². The van der Waals surface area contributed by atoms with Crippen molar-refractivity contribution in [3.05, 3.63) is 58.1 Å². The molecule has 2 aromatic rings. The van der Waals surface area contributed by atoms with E-state index in [9.17, 15) is 23.6 Å². The molecule has 0 aromatic heterocycles. The Labute approximate surface area is 149 Å². The Bertz CT molecular complexity index is 930. The summed E-state index contributed by atoms with van der Waals surface area (Å²) in [5, 5.41) is 21.2. The van der Waals surface area contributed by atoms with E-state index in [0.717, 1.165) is 12.1 Å². The number of aliphatic hydroxyl groups excluding tert-OH is 1. The van der Waals surface area contributed by atoms with Gasteiger partial charge >= 0.3 is 0 Å². The maximum atomic E-state index is 12.3. The standard InChI is InChI=1S/C16H16N2O7S/c19-13(11-5-6-14-15(9-11)25-10-24-14)7-8-17-26(22,23)16-4-2-1-3-12(16)18(20)21/h1-6,9,13,17,19H,7-8,10H2. The van der Waals surface area contributed by atoms with E-state index >= 15 is 0 Å². The number of aliphatic hydroxyl groups is 1. The fourth-order valence-electron chi connectivity index (χ4n) is 2.53. The van der Waals surface area contributed by atoms with Gasteiger partial charge in [0.2, 0.25) is 16.8 Å². The van der Waals surface area contributed by atoms with E-state index < -0.39 is 31.6 Å². The quantitative estimate of drug-likeness (QED) is 0.553. The molecule has 1 aliphatic rings. The molecule has 1 heterocycles. The summed E-state index contributed by atoms with van der Waals surface area (Å²) in [4.78, 5) is 9.81. The second-order valence-electron chi connectivity index (χ2n) is 5.54. The van der Waals surface area contributed by atoms with Crippen molar-refractivity contribution in [3.8, 4) is 11.5 Å². The Kier molecular flexibility index (Phi) is 5.07. The van der Waals surface area contributed by atoms with Crippen molar-refractivity contribution in [1.29, 1.82) is 0 Å². The van der Waals surface area contributed by atoms with Crippen molar-refractivity contribution in [1.82, 2.24) is 4.72 Å². The van der Waals surface area contributed by atoms with Gasteiger partial charge in [-0.15, -0.1) is 0 Å². The van der Waals surface area contributed by atoms with Crippen molar-refractivity contribution in [3.63, 3.8) is 0 Å². The van der Waals surface area contributed by atoms with E-state index in [1.807, 2.05) is 0 Å². The van der Waals surface area contributed by atoms with Crippen LogP contribution in [-0.4, -0.2) is 31.8 Å². The van der Waals surface area contributed by atoms with Crippen LogP contribution in [0.25, 0.3) is 0 Å². The topological polar surface area (TPSA) is 128 Å². The third-order valence-corrected chi connectivity index (χ3v) is 5.35. The number of hydrogen-bond donors (Lipinski definition) is 2. The summed E-state index contributed by atoms with van der Waals surface area (Å²) >= 11 is 0. The summed E-state index contributed by atoms with van der Waals surface area (Å²) in [7, 11) is -4.07. The summed E-state index contributed by atoms with van der Waals surface area (Å²) in [5.74, 6) is 1.10. The molecule has 1 unspecified atom stereocenters. The zero-order valence-corrected chi connectivity index (χ0v) is 14.3. The van der Waals surface area contributed by atoms with Crippen LogP contribution in [0.5, 0.6) is 11.5 Å². The molecular formula is C16H16N2O7S. The third kappa shape index (κ3) is 3.77. The average Bonchev–Trinajstić information content (AvgIpc) is 3.09. The van der Waals surface area contributed by atoms with Gasteiger partial charge in [0.25, 0.3) is 5.69 Å². The van der Waals surface area contributed by atoms with Crippen molar-refractivity contribution < 1.29 is 27.9 Å². The van der Waals surface area contributed by atoms with E-state index in [-0.39, 0.29) is 19.8 Å². The number of fused-ring (bicyclic) bond motifs is 1. The Morgan fingerprint density at radius 2 is 1.92 bits per heavy atom. The molecule has 0 bridgehead atoms. The minimum Gasteiger partial charge on any atom is -0.454 e. The summed E-state index contributed by atoms with van der Waals surface area (Å²) < 4.78 is 37.3. The van der Waals surface area contributed by atoms with Crippen LogP contribution in [0.3, 0.4) is 0 Å². The number of sulfonamides is 1. The normalized spacial score (nSPS) is 14.2. The molecule has 0 radical (unpaired) electrons. The van der Waals surface area contributed by atoms with E-state index in [1.54, 1.807) is 18.2 Å². The maximum Gasteiger partial charge on any atom is 0.289 e. The fourth-order valence-corrected chi connectivity index (χ4v) is 3.75. The number of nitrogens with one attached hydrogen (secondary N) is 1. The van der Waals surface area contributed by atoms with Crippen LogP contribution >= 0.6 is 0 Å². The highest BCUT2D eigenvalue weighted by molar-refractivity contribution is 7.89. The molecule has 0 aliphatic carbocycles. The number of para-hydroxylation sites is 1. The van der Waals surface area contributed by atoms with Crippen LogP contribution in [0.4, 0.5) is 5.69 Å². The summed E-state index contributed by atoms with van der Waals surface area (Å²) in [5.41, 5.74) is 0.0514. The second kappa shape index (κ2) is 7.28. The summed E-state index contributed by atoms with van der Waals surface area (Å²) in [6, 6.07) is 10.0. The van der Waals surface area contributed by atoms with Crippen molar-refractivity contribution in [2.75, 3.05) is 13.3 Å². The highest BCUT2D eigenvalue weighted by Gasteiger charge is 2.25. The van der Waals surface area contributed by atoms with Crippen LogP contribution in [0.15, 0.2) is 47.4 Å². The predicted octanol–water partition coefficient (Wildman–Crippen LogP) is 1.73. The molecule has 9 nitrogen and oxygen atoms in total. The van der Waals surface area contributed by atoms with Gasteiger partial charge in [0.05, 0.1) is 11.0 Å². The first-order chi connectivity index (χ1) is 12.4. The van der Waals surface area contributed by atoms with E-state index in [4.69, 9.17) is 9.47 Å². The van der Waals surface area contributed by atoms with Gasteiger partial charge in [-0.1, -0.05) is 18.2 Å². The molecule has 26 heavy (non-hydrogen) atoms. The Morgan fingerprint density at radius 3 is 2.69 bits per heavy atom. The highest BCUT2D eigenvalue weighted by atomic mass is 32.2. The van der Waals surface area contributed by atoms with Crippen molar-refractivity contribution >= 4 is 15.7 Å². The zero-order chi connectivity index (χ0) is 18.7. The molecule has 2 aromatic carbocycles. The molecule has 1 atom stereocenters. The summed E-state index contributed by atoms with van der Waals surface area (Å²) in [6.45, 7) is 0.0223. The number of ether oxygens (including phenoxy) is 2. The number of rotatable bonds is 7. The van der Waals surface area contributed by atoms with Gasteiger partial charge in [0, 0.05) is 12.6 Å². The molecule has 0 spiro atoms. The van der Waals surface area contributed by atoms with Crippen LogP contribution in [0.1, 0.15) is 18.1 Å². The van der Waals surface area contributed by atoms with Crippen LogP contribution < -0.4 is 14.2 Å². The van der Waals surface area contributed by atoms with Gasteiger partial charge in [-0.25, -0.2) is 13.1 Å². The summed E-state index contributed by atoms with van der Waals surface area (Å²) in [6.07, 6.45) is -0.850. The second-order valence-corrected chi connectivity index (χ2v) is 7.28. The smallest absolute Gasteiger partial charge is 0.289 e. The maximum absolute atomic E-state index is 12.3. The van der Waals surface area contributed by atoms with Crippen LogP contribution in [0, 0.1) is 10.1 Å². The van der Waals surface area contributed by atoms with Gasteiger partial charge in [-0.2, -0.15) is 0 Å². The van der Waals surface area contributed by atoms with E-state index in [1.165, 1.54) is 12.1 Å². The number of nitrogens with zero attached hydrogens (tertiary/aromatic N) is 1. The molecule has 138 valence electrons. The average molecular weight is 380 g/mol. The minimum atomic E-state index is -4.07. The molecule has 0 amide bonds. The lowest BCUT2D eigenvalue weighted by Gasteiger charge is -2.12. The first kappa shape index (κ1) is 18.1. The first-order valence-corrected chi connectivity index (χ1v) is 9.17. The molecule has 0 saturated carbocycles. The molecule has 3 rings (SSSR count). The lowest BCUT2D eigenvalue weighted by atomic mass is 10.1. The first-order valence-electron chi connectivity index (χ1n) is 7.69. The molecule has 1 aliphatic heterocycles. The predicted molar refractivity (Wildman–Crippen MR) is 90.4 cm³/mol. The largest absolute Gasteiger partial charge is 0.454 e.